The minimum absolute atomic E-state index is 0.380. The van der Waals surface area contributed by atoms with Crippen molar-refractivity contribution < 1.29 is 4.74 Å². The van der Waals surface area contributed by atoms with Gasteiger partial charge in [0.05, 0.1) is 12.7 Å². The van der Waals surface area contributed by atoms with Crippen LogP contribution < -0.4 is 5.32 Å². The van der Waals surface area contributed by atoms with Gasteiger partial charge in [-0.2, -0.15) is 0 Å². The van der Waals surface area contributed by atoms with E-state index in [9.17, 15) is 0 Å². The lowest BCUT2D eigenvalue weighted by molar-refractivity contribution is -0.0463. The Kier molecular flexibility index (Phi) is 7.87. The molecule has 1 N–H and O–H groups in total. The number of ether oxygens (including phenoxy) is 1. The Morgan fingerprint density at radius 2 is 2.06 bits per heavy atom. The Bertz CT molecular complexity index is 209. The molecule has 1 heterocycles. The molecule has 108 valence electrons. The monoisotopic (exact) mass is 256 g/mol. The largest absolute Gasteiger partial charge is 0.374 e. The van der Waals surface area contributed by atoms with Gasteiger partial charge in [0.25, 0.3) is 0 Å². The maximum absolute atomic E-state index is 5.98. The molecule has 2 atom stereocenters. The highest BCUT2D eigenvalue weighted by Crippen LogP contribution is 2.15. The summed E-state index contributed by atoms with van der Waals surface area (Å²) < 4.78 is 5.98. The Hall–Kier alpha value is -0.120. The van der Waals surface area contributed by atoms with E-state index in [4.69, 9.17) is 4.74 Å². The van der Waals surface area contributed by atoms with Crippen molar-refractivity contribution in [3.05, 3.63) is 0 Å². The first kappa shape index (κ1) is 15.9. The topological polar surface area (TPSA) is 24.5 Å². The SMILES string of the molecule is CCNC(CCCC(C)C)C1CN(CC)CCO1. The van der Waals surface area contributed by atoms with E-state index in [0.29, 0.717) is 12.1 Å². The van der Waals surface area contributed by atoms with Crippen LogP contribution in [0, 0.1) is 5.92 Å². The molecule has 2 unspecified atom stereocenters. The van der Waals surface area contributed by atoms with Gasteiger partial charge in [0.1, 0.15) is 0 Å². The lowest BCUT2D eigenvalue weighted by Crippen LogP contribution is -2.52. The van der Waals surface area contributed by atoms with E-state index in [2.05, 4.69) is 37.9 Å². The fourth-order valence-electron chi connectivity index (χ4n) is 2.69. The van der Waals surface area contributed by atoms with E-state index in [1.54, 1.807) is 0 Å². The smallest absolute Gasteiger partial charge is 0.0855 e. The highest BCUT2D eigenvalue weighted by Gasteiger charge is 2.26. The van der Waals surface area contributed by atoms with Crippen LogP contribution in [0.5, 0.6) is 0 Å². The second kappa shape index (κ2) is 8.89. The predicted molar refractivity (Wildman–Crippen MR) is 78.0 cm³/mol. The van der Waals surface area contributed by atoms with Crippen LogP contribution in [0.4, 0.5) is 0 Å². The van der Waals surface area contributed by atoms with E-state index in [0.717, 1.165) is 38.7 Å². The molecule has 1 aliphatic heterocycles. The van der Waals surface area contributed by atoms with Crippen molar-refractivity contribution in [2.24, 2.45) is 5.92 Å². The van der Waals surface area contributed by atoms with Gasteiger partial charge in [-0.25, -0.2) is 0 Å². The summed E-state index contributed by atoms with van der Waals surface area (Å²) in [7, 11) is 0. The van der Waals surface area contributed by atoms with Crippen LogP contribution in [0.3, 0.4) is 0 Å². The van der Waals surface area contributed by atoms with E-state index in [-0.39, 0.29) is 0 Å². The molecular weight excluding hydrogens is 224 g/mol. The number of morpholine rings is 1. The van der Waals surface area contributed by atoms with Crippen molar-refractivity contribution in [3.8, 4) is 0 Å². The molecule has 0 amide bonds. The molecule has 0 aromatic rings. The Labute approximate surface area is 113 Å². The first-order chi connectivity index (χ1) is 8.67. The lowest BCUT2D eigenvalue weighted by Gasteiger charge is -2.37. The van der Waals surface area contributed by atoms with Gasteiger partial charge in [-0.05, 0) is 25.4 Å². The van der Waals surface area contributed by atoms with Crippen LogP contribution in [-0.4, -0.2) is 49.8 Å². The summed E-state index contributed by atoms with van der Waals surface area (Å²) >= 11 is 0. The second-order valence-corrected chi connectivity index (χ2v) is 5.79. The summed E-state index contributed by atoms with van der Waals surface area (Å²) in [5, 5.41) is 3.62. The number of hydrogen-bond donors (Lipinski definition) is 1. The molecule has 0 saturated carbocycles. The quantitative estimate of drug-likeness (QED) is 0.722. The fraction of sp³-hybridized carbons (Fsp3) is 1.00. The van der Waals surface area contributed by atoms with Gasteiger partial charge in [-0.1, -0.05) is 40.5 Å². The van der Waals surface area contributed by atoms with Gasteiger partial charge in [-0.15, -0.1) is 0 Å². The maximum Gasteiger partial charge on any atom is 0.0855 e. The molecule has 0 aliphatic carbocycles. The van der Waals surface area contributed by atoms with Crippen molar-refractivity contribution in [2.75, 3.05) is 32.8 Å². The average Bonchev–Trinajstić information content (AvgIpc) is 2.37. The Balaban J connectivity index is 2.39. The predicted octanol–water partition coefficient (Wildman–Crippen LogP) is 2.51. The summed E-state index contributed by atoms with van der Waals surface area (Å²) in [5.41, 5.74) is 0. The second-order valence-electron chi connectivity index (χ2n) is 5.79. The third-order valence-corrected chi connectivity index (χ3v) is 3.84. The normalized spacial score (nSPS) is 23.5. The van der Waals surface area contributed by atoms with E-state index < -0.39 is 0 Å². The Morgan fingerprint density at radius 3 is 2.67 bits per heavy atom. The van der Waals surface area contributed by atoms with Crippen molar-refractivity contribution >= 4 is 0 Å². The first-order valence-corrected chi connectivity index (χ1v) is 7.74. The van der Waals surface area contributed by atoms with Crippen LogP contribution >= 0.6 is 0 Å². The van der Waals surface area contributed by atoms with Crippen LogP contribution in [-0.2, 0) is 4.74 Å². The molecule has 0 spiro atoms. The molecule has 1 fully saturated rings. The Morgan fingerprint density at radius 1 is 1.28 bits per heavy atom. The number of likely N-dealkylation sites (N-methyl/N-ethyl adjacent to an activating group) is 2. The molecule has 1 aliphatic rings. The molecule has 18 heavy (non-hydrogen) atoms. The van der Waals surface area contributed by atoms with E-state index >= 15 is 0 Å². The molecule has 0 radical (unpaired) electrons. The van der Waals surface area contributed by atoms with Crippen molar-refractivity contribution in [1.29, 1.82) is 0 Å². The number of nitrogens with one attached hydrogen (secondary N) is 1. The van der Waals surface area contributed by atoms with E-state index in [1.165, 1.54) is 19.3 Å². The first-order valence-electron chi connectivity index (χ1n) is 7.74. The third-order valence-electron chi connectivity index (χ3n) is 3.84. The molecular formula is C15H32N2O. The molecule has 0 bridgehead atoms. The molecule has 3 nitrogen and oxygen atoms in total. The summed E-state index contributed by atoms with van der Waals surface area (Å²) in [6, 6.07) is 0.531. The van der Waals surface area contributed by atoms with Crippen molar-refractivity contribution in [3.63, 3.8) is 0 Å². The number of hydrogen-bond acceptors (Lipinski definition) is 3. The molecule has 1 saturated heterocycles. The maximum atomic E-state index is 5.98. The molecule has 0 aromatic heterocycles. The standard InChI is InChI=1S/C15H32N2O/c1-5-16-14(9-7-8-13(3)4)15-12-17(6-2)10-11-18-15/h13-16H,5-12H2,1-4H3. The average molecular weight is 256 g/mol. The lowest BCUT2D eigenvalue weighted by atomic mass is 9.99. The number of rotatable bonds is 8. The summed E-state index contributed by atoms with van der Waals surface area (Å²) in [4.78, 5) is 2.50. The minimum atomic E-state index is 0.380. The van der Waals surface area contributed by atoms with Crippen LogP contribution in [0.1, 0.15) is 47.0 Å². The zero-order valence-electron chi connectivity index (χ0n) is 12.7. The molecule has 1 rings (SSSR count). The van der Waals surface area contributed by atoms with Gasteiger partial charge in [-0.3, -0.25) is 4.90 Å². The van der Waals surface area contributed by atoms with Gasteiger partial charge in [0.15, 0.2) is 0 Å². The zero-order valence-corrected chi connectivity index (χ0v) is 12.7. The molecule has 3 heteroatoms. The van der Waals surface area contributed by atoms with Crippen molar-refractivity contribution in [2.45, 2.75) is 59.1 Å². The zero-order chi connectivity index (χ0) is 13.4. The highest BCUT2D eigenvalue weighted by atomic mass is 16.5. The van der Waals surface area contributed by atoms with Crippen LogP contribution in [0.2, 0.25) is 0 Å². The fourth-order valence-corrected chi connectivity index (χ4v) is 2.69. The van der Waals surface area contributed by atoms with Crippen LogP contribution in [0.15, 0.2) is 0 Å². The summed E-state index contributed by atoms with van der Waals surface area (Å²) in [5.74, 6) is 0.812. The third kappa shape index (κ3) is 5.68. The van der Waals surface area contributed by atoms with Crippen LogP contribution in [0.25, 0.3) is 0 Å². The van der Waals surface area contributed by atoms with Crippen molar-refractivity contribution in [1.82, 2.24) is 10.2 Å². The summed E-state index contributed by atoms with van der Waals surface area (Å²) in [6.45, 7) is 14.3. The van der Waals surface area contributed by atoms with Gasteiger partial charge < -0.3 is 10.1 Å². The highest BCUT2D eigenvalue weighted by molar-refractivity contribution is 4.82. The van der Waals surface area contributed by atoms with Gasteiger partial charge in [0.2, 0.25) is 0 Å². The number of nitrogens with zero attached hydrogens (tertiary/aromatic N) is 1. The van der Waals surface area contributed by atoms with Gasteiger partial charge >= 0.3 is 0 Å². The van der Waals surface area contributed by atoms with Gasteiger partial charge in [0, 0.05) is 19.1 Å². The van der Waals surface area contributed by atoms with E-state index in [1.807, 2.05) is 0 Å². The summed E-state index contributed by atoms with van der Waals surface area (Å²) in [6.07, 6.45) is 4.26. The molecule has 0 aromatic carbocycles. The minimum Gasteiger partial charge on any atom is -0.374 e.